The number of nitrogens with two attached hydrogens (primary N) is 1. The third-order valence-electron chi connectivity index (χ3n) is 3.25. The summed E-state index contributed by atoms with van der Waals surface area (Å²) in [5.41, 5.74) is -1.23. The molecule has 3 rings (SSSR count). The lowest BCUT2D eigenvalue weighted by Crippen LogP contribution is -2.31. The van der Waals surface area contributed by atoms with Crippen molar-refractivity contribution < 1.29 is 12.8 Å². The predicted molar refractivity (Wildman–Crippen MR) is 83.1 cm³/mol. The second-order valence-electron chi connectivity index (χ2n) is 5.06. The van der Waals surface area contributed by atoms with Gasteiger partial charge in [-0.3, -0.25) is 14.3 Å². The summed E-state index contributed by atoms with van der Waals surface area (Å²) in [7, 11) is -3.87. The smallest absolute Gasteiger partial charge is 0.292 e. The molecular weight excluding hydrogens is 355 g/mol. The minimum Gasteiger partial charge on any atom is -0.292 e. The largest absolute Gasteiger partial charge is 0.328 e. The molecule has 1 aromatic carbocycles. The van der Waals surface area contributed by atoms with Crippen molar-refractivity contribution in [3.63, 3.8) is 0 Å². The Morgan fingerprint density at radius 3 is 2.72 bits per heavy atom. The van der Waals surface area contributed by atoms with Gasteiger partial charge >= 0.3 is 5.69 Å². The fourth-order valence-electron chi connectivity index (χ4n) is 2.07. The lowest BCUT2D eigenvalue weighted by atomic mass is 10.3. The minimum atomic E-state index is -3.87. The zero-order valence-corrected chi connectivity index (χ0v) is 13.3. The molecule has 0 radical (unpaired) electrons. The summed E-state index contributed by atoms with van der Waals surface area (Å²) < 4.78 is 38.3. The molecule has 0 saturated heterocycles. The van der Waals surface area contributed by atoms with Crippen molar-refractivity contribution in [2.45, 2.75) is 11.4 Å². The second-order valence-corrected chi connectivity index (χ2v) is 6.62. The number of hydrogen-bond donors (Lipinski definition) is 2. The number of nitrogens with zero attached hydrogens (tertiary/aromatic N) is 4. The first-order valence-corrected chi connectivity index (χ1v) is 8.32. The van der Waals surface area contributed by atoms with E-state index in [4.69, 9.17) is 5.14 Å². The van der Waals surface area contributed by atoms with Crippen LogP contribution in [0.25, 0.3) is 5.69 Å². The molecular formula is C13H11FN6O4S. The summed E-state index contributed by atoms with van der Waals surface area (Å²) >= 11 is 0. The maximum absolute atomic E-state index is 13.3. The van der Waals surface area contributed by atoms with Gasteiger partial charge in [0.15, 0.2) is 0 Å². The number of aromatic nitrogens is 5. The monoisotopic (exact) mass is 366 g/mol. The van der Waals surface area contributed by atoms with E-state index < -0.39 is 27.1 Å². The SMILES string of the molecule is NS(=O)(=O)c1cccc(-n2cc(Cn3cc(F)c(=O)[nH]c3=O)nn2)c1. The zero-order chi connectivity index (χ0) is 18.2. The van der Waals surface area contributed by atoms with E-state index in [9.17, 15) is 22.4 Å². The van der Waals surface area contributed by atoms with Crippen molar-refractivity contribution in [1.29, 1.82) is 0 Å². The van der Waals surface area contributed by atoms with E-state index in [1.807, 2.05) is 4.98 Å². The van der Waals surface area contributed by atoms with Gasteiger partial charge in [0.25, 0.3) is 5.56 Å². The summed E-state index contributed by atoms with van der Waals surface area (Å²) in [5.74, 6) is -1.10. The normalized spacial score (nSPS) is 11.6. The van der Waals surface area contributed by atoms with Crippen molar-refractivity contribution in [3.05, 3.63) is 69.0 Å². The molecule has 0 spiro atoms. The maximum atomic E-state index is 13.3. The number of hydrogen-bond acceptors (Lipinski definition) is 6. The summed E-state index contributed by atoms with van der Waals surface area (Å²) in [5, 5.41) is 12.7. The highest BCUT2D eigenvalue weighted by molar-refractivity contribution is 7.89. The van der Waals surface area contributed by atoms with Crippen LogP contribution >= 0.6 is 0 Å². The molecule has 0 aliphatic rings. The molecule has 2 heterocycles. The highest BCUT2D eigenvalue weighted by atomic mass is 32.2. The molecule has 2 aromatic heterocycles. The number of benzene rings is 1. The number of rotatable bonds is 4. The van der Waals surface area contributed by atoms with E-state index in [1.165, 1.54) is 29.1 Å². The van der Waals surface area contributed by atoms with Crippen LogP contribution in [0.3, 0.4) is 0 Å². The van der Waals surface area contributed by atoms with Crippen LogP contribution in [-0.4, -0.2) is 33.0 Å². The quantitative estimate of drug-likeness (QED) is 0.602. The molecule has 130 valence electrons. The lowest BCUT2D eigenvalue weighted by Gasteiger charge is -2.03. The number of aromatic amines is 1. The molecule has 0 saturated carbocycles. The summed E-state index contributed by atoms with van der Waals surface area (Å²) in [4.78, 5) is 24.4. The standard InChI is InChI=1S/C13H11FN6O4S/c14-11-7-19(13(22)16-12(11)21)5-8-6-20(18-17-8)9-2-1-3-10(4-9)25(15,23)24/h1-4,6-7H,5H2,(H2,15,23,24)(H,16,21,22). The van der Waals surface area contributed by atoms with Crippen LogP contribution in [0.1, 0.15) is 5.69 Å². The predicted octanol–water partition coefficient (Wildman–Crippen LogP) is -1.05. The molecule has 0 atom stereocenters. The number of H-pyrrole nitrogens is 1. The summed E-state index contributed by atoms with van der Waals surface area (Å²) in [6.45, 7) is -0.137. The van der Waals surface area contributed by atoms with Crippen LogP contribution in [0.15, 0.2) is 51.1 Å². The van der Waals surface area contributed by atoms with E-state index in [0.29, 0.717) is 5.69 Å². The molecule has 3 aromatic rings. The minimum absolute atomic E-state index is 0.0963. The van der Waals surface area contributed by atoms with Gasteiger partial charge < -0.3 is 0 Å². The average Bonchev–Trinajstić information content (AvgIpc) is 3.00. The van der Waals surface area contributed by atoms with E-state index in [1.54, 1.807) is 6.07 Å². The van der Waals surface area contributed by atoms with Crippen molar-refractivity contribution in [2.24, 2.45) is 5.14 Å². The first-order chi connectivity index (χ1) is 11.7. The molecule has 12 heteroatoms. The Bertz CT molecular complexity index is 1160. The Balaban J connectivity index is 1.93. The topological polar surface area (TPSA) is 146 Å². The average molecular weight is 366 g/mol. The van der Waals surface area contributed by atoms with Crippen LogP contribution in [0, 0.1) is 5.82 Å². The van der Waals surface area contributed by atoms with Gasteiger partial charge in [-0.25, -0.2) is 23.0 Å². The first kappa shape index (κ1) is 16.7. The van der Waals surface area contributed by atoms with Gasteiger partial charge in [0.05, 0.1) is 29.5 Å². The van der Waals surface area contributed by atoms with Crippen LogP contribution < -0.4 is 16.4 Å². The molecule has 0 fully saturated rings. The third kappa shape index (κ3) is 3.54. The van der Waals surface area contributed by atoms with Crippen LogP contribution in [0.5, 0.6) is 0 Å². The number of nitrogens with one attached hydrogen (secondary N) is 1. The fourth-order valence-corrected chi connectivity index (χ4v) is 2.63. The molecule has 10 nitrogen and oxygen atoms in total. The molecule has 0 amide bonds. The van der Waals surface area contributed by atoms with Crippen LogP contribution in [0.4, 0.5) is 4.39 Å². The highest BCUT2D eigenvalue weighted by Gasteiger charge is 2.11. The van der Waals surface area contributed by atoms with Crippen LogP contribution in [-0.2, 0) is 16.6 Å². The van der Waals surface area contributed by atoms with Gasteiger partial charge in [0.2, 0.25) is 15.8 Å². The second kappa shape index (κ2) is 6.07. The van der Waals surface area contributed by atoms with E-state index >= 15 is 0 Å². The van der Waals surface area contributed by atoms with Gasteiger partial charge in [0, 0.05) is 0 Å². The fraction of sp³-hybridized carbons (Fsp3) is 0.0769. The van der Waals surface area contributed by atoms with Gasteiger partial charge in [-0.1, -0.05) is 11.3 Å². The van der Waals surface area contributed by atoms with Crippen molar-refractivity contribution in [2.75, 3.05) is 0 Å². The van der Waals surface area contributed by atoms with Gasteiger partial charge in [-0.2, -0.15) is 4.39 Å². The molecule has 0 bridgehead atoms. The van der Waals surface area contributed by atoms with Gasteiger partial charge in [-0.05, 0) is 18.2 Å². The lowest BCUT2D eigenvalue weighted by molar-refractivity contribution is 0.563. The summed E-state index contributed by atoms with van der Waals surface area (Å²) in [6.07, 6.45) is 2.19. The van der Waals surface area contributed by atoms with E-state index in [-0.39, 0.29) is 17.1 Å². The number of primary sulfonamides is 1. The first-order valence-electron chi connectivity index (χ1n) is 6.78. The molecule has 0 aliphatic heterocycles. The van der Waals surface area contributed by atoms with Gasteiger partial charge in [0.1, 0.15) is 5.69 Å². The Labute approximate surface area is 139 Å². The van der Waals surface area contributed by atoms with Gasteiger partial charge in [-0.15, -0.1) is 5.10 Å². The molecule has 3 N–H and O–H groups in total. The van der Waals surface area contributed by atoms with Crippen molar-refractivity contribution >= 4 is 10.0 Å². The Hall–Kier alpha value is -3.12. The molecule has 0 aliphatic carbocycles. The Morgan fingerprint density at radius 2 is 2.00 bits per heavy atom. The van der Waals surface area contributed by atoms with Crippen LogP contribution in [0.2, 0.25) is 0 Å². The number of halogens is 1. The molecule has 25 heavy (non-hydrogen) atoms. The highest BCUT2D eigenvalue weighted by Crippen LogP contribution is 2.13. The summed E-state index contributed by atoms with van der Waals surface area (Å²) in [6, 6.07) is 5.70. The Morgan fingerprint density at radius 1 is 1.24 bits per heavy atom. The van der Waals surface area contributed by atoms with E-state index in [0.717, 1.165) is 10.8 Å². The van der Waals surface area contributed by atoms with Crippen molar-refractivity contribution in [1.82, 2.24) is 24.5 Å². The maximum Gasteiger partial charge on any atom is 0.328 e. The van der Waals surface area contributed by atoms with Crippen molar-refractivity contribution in [3.8, 4) is 5.69 Å². The third-order valence-corrected chi connectivity index (χ3v) is 4.16. The Kier molecular flexibility index (Phi) is 4.06. The van der Waals surface area contributed by atoms with E-state index in [2.05, 4.69) is 10.3 Å². The number of sulfonamides is 1. The zero-order valence-electron chi connectivity index (χ0n) is 12.5. The molecule has 0 unspecified atom stereocenters.